The number of nitrogens with zero attached hydrogens (tertiary/aromatic N) is 5. The number of hydrogen-bond donors (Lipinski definition) is 1. The zero-order valence-corrected chi connectivity index (χ0v) is 13.8. The molecule has 0 unspecified atom stereocenters. The molecule has 0 aliphatic rings. The van der Waals surface area contributed by atoms with Gasteiger partial charge in [-0.15, -0.1) is 0 Å². The van der Waals surface area contributed by atoms with Crippen LogP contribution in [0.15, 0.2) is 55.0 Å². The lowest BCUT2D eigenvalue weighted by Crippen LogP contribution is -2.14. The summed E-state index contributed by atoms with van der Waals surface area (Å²) in [5.74, 6) is 0.256. The number of nitrogens with one attached hydrogen (secondary N) is 1. The molecule has 0 fully saturated rings. The van der Waals surface area contributed by atoms with E-state index >= 15 is 0 Å². The number of anilines is 1. The van der Waals surface area contributed by atoms with Crippen LogP contribution < -0.4 is 5.32 Å². The summed E-state index contributed by atoms with van der Waals surface area (Å²) in [6.07, 6.45) is 4.92. The first-order valence-corrected chi connectivity index (χ1v) is 7.85. The predicted molar refractivity (Wildman–Crippen MR) is 94.0 cm³/mol. The molecule has 0 bridgehead atoms. The van der Waals surface area contributed by atoms with Crippen LogP contribution >= 0.6 is 0 Å². The molecule has 0 atom stereocenters. The lowest BCUT2D eigenvalue weighted by atomic mass is 10.2. The molecular formula is C18H16N6O. The fraction of sp³-hybridized carbons (Fsp3) is 0.111. The number of aromatic nitrogens is 5. The van der Waals surface area contributed by atoms with Gasteiger partial charge in [0.25, 0.3) is 5.91 Å². The van der Waals surface area contributed by atoms with Crippen molar-refractivity contribution in [1.82, 2.24) is 24.1 Å². The SMILES string of the molecule is Cc1cc(C)n(-c2ccc(NC(=O)c3cnc4ncccn34)cc2)n1. The number of imidazole rings is 1. The number of aryl methyl sites for hydroxylation is 2. The molecule has 0 radical (unpaired) electrons. The van der Waals surface area contributed by atoms with Crippen LogP contribution in [0.1, 0.15) is 21.9 Å². The minimum absolute atomic E-state index is 0.237. The largest absolute Gasteiger partial charge is 0.321 e. The molecule has 0 saturated heterocycles. The third kappa shape index (κ3) is 2.76. The molecule has 1 amide bonds. The Morgan fingerprint density at radius 2 is 1.92 bits per heavy atom. The van der Waals surface area contributed by atoms with Gasteiger partial charge >= 0.3 is 0 Å². The van der Waals surface area contributed by atoms with Gasteiger partial charge < -0.3 is 5.32 Å². The Balaban J connectivity index is 1.57. The number of benzene rings is 1. The maximum atomic E-state index is 12.5. The third-order valence-electron chi connectivity index (χ3n) is 3.90. The normalized spacial score (nSPS) is 11.0. The highest BCUT2D eigenvalue weighted by molar-refractivity contribution is 6.03. The van der Waals surface area contributed by atoms with Gasteiger partial charge in [-0.2, -0.15) is 5.10 Å². The second-order valence-electron chi connectivity index (χ2n) is 5.77. The zero-order chi connectivity index (χ0) is 17.4. The van der Waals surface area contributed by atoms with Crippen LogP contribution in [0.2, 0.25) is 0 Å². The summed E-state index contributed by atoms with van der Waals surface area (Å²) in [6, 6.07) is 11.3. The summed E-state index contributed by atoms with van der Waals surface area (Å²) in [5.41, 5.74) is 4.12. The molecule has 4 rings (SSSR count). The van der Waals surface area contributed by atoms with Gasteiger partial charge in [-0.05, 0) is 50.2 Å². The summed E-state index contributed by atoms with van der Waals surface area (Å²) < 4.78 is 3.52. The molecule has 7 heteroatoms. The molecule has 25 heavy (non-hydrogen) atoms. The Labute approximate surface area is 144 Å². The van der Waals surface area contributed by atoms with Crippen LogP contribution in [0.3, 0.4) is 0 Å². The van der Waals surface area contributed by atoms with Crippen molar-refractivity contribution in [2.45, 2.75) is 13.8 Å². The van der Waals surface area contributed by atoms with Crippen molar-refractivity contribution in [2.24, 2.45) is 0 Å². The summed E-state index contributed by atoms with van der Waals surface area (Å²) in [5, 5.41) is 7.33. The Bertz CT molecular complexity index is 1060. The van der Waals surface area contributed by atoms with E-state index < -0.39 is 0 Å². The monoisotopic (exact) mass is 332 g/mol. The molecule has 3 aromatic heterocycles. The van der Waals surface area contributed by atoms with Crippen molar-refractivity contribution in [3.8, 4) is 5.69 Å². The average Bonchev–Trinajstić information content (AvgIpc) is 3.18. The van der Waals surface area contributed by atoms with Crippen LogP contribution in [0.25, 0.3) is 11.5 Å². The Morgan fingerprint density at radius 1 is 1.12 bits per heavy atom. The minimum atomic E-state index is -0.237. The summed E-state index contributed by atoms with van der Waals surface area (Å²) >= 11 is 0. The van der Waals surface area contributed by atoms with Gasteiger partial charge in [-0.3, -0.25) is 9.20 Å². The second-order valence-corrected chi connectivity index (χ2v) is 5.77. The van der Waals surface area contributed by atoms with Crippen LogP contribution in [0.4, 0.5) is 5.69 Å². The van der Waals surface area contributed by atoms with Gasteiger partial charge in [0.05, 0.1) is 17.6 Å². The maximum absolute atomic E-state index is 12.5. The molecule has 1 aromatic carbocycles. The van der Waals surface area contributed by atoms with Crippen LogP contribution in [-0.4, -0.2) is 30.1 Å². The number of hydrogen-bond acceptors (Lipinski definition) is 4. The Hall–Kier alpha value is -3.48. The number of amides is 1. The smallest absolute Gasteiger partial charge is 0.274 e. The van der Waals surface area contributed by atoms with Crippen molar-refractivity contribution in [3.05, 3.63) is 72.1 Å². The van der Waals surface area contributed by atoms with Crippen LogP contribution in [-0.2, 0) is 0 Å². The standard InChI is InChI=1S/C18H16N6O/c1-12-10-13(2)24(22-12)15-6-4-14(5-7-15)21-17(25)16-11-20-18-19-8-3-9-23(16)18/h3-11H,1-2H3,(H,21,25). The predicted octanol–water partition coefficient (Wildman–Crippen LogP) is 2.78. The van der Waals surface area contributed by atoms with Gasteiger partial charge in [-0.25, -0.2) is 14.6 Å². The summed E-state index contributed by atoms with van der Waals surface area (Å²) in [7, 11) is 0. The molecule has 1 N–H and O–H groups in total. The van der Waals surface area contributed by atoms with E-state index in [1.807, 2.05) is 48.9 Å². The number of carbonyl (C=O) groups is 1. The van der Waals surface area contributed by atoms with Gasteiger partial charge in [-0.1, -0.05) is 0 Å². The molecule has 0 saturated carbocycles. The zero-order valence-electron chi connectivity index (χ0n) is 13.8. The van der Waals surface area contributed by atoms with Crippen molar-refractivity contribution in [1.29, 1.82) is 0 Å². The van der Waals surface area contributed by atoms with E-state index in [2.05, 4.69) is 20.4 Å². The van der Waals surface area contributed by atoms with Gasteiger partial charge in [0.15, 0.2) is 0 Å². The van der Waals surface area contributed by atoms with Crippen LogP contribution in [0, 0.1) is 13.8 Å². The van der Waals surface area contributed by atoms with E-state index in [0.717, 1.165) is 17.1 Å². The third-order valence-corrected chi connectivity index (χ3v) is 3.90. The Kier molecular flexibility index (Phi) is 3.53. The average molecular weight is 332 g/mol. The molecule has 0 aliphatic carbocycles. The fourth-order valence-corrected chi connectivity index (χ4v) is 2.77. The topological polar surface area (TPSA) is 77.1 Å². The van der Waals surface area contributed by atoms with Crippen molar-refractivity contribution in [3.63, 3.8) is 0 Å². The molecule has 0 aliphatic heterocycles. The maximum Gasteiger partial charge on any atom is 0.274 e. The summed E-state index contributed by atoms with van der Waals surface area (Å²) in [4.78, 5) is 20.7. The number of fused-ring (bicyclic) bond motifs is 1. The van der Waals surface area contributed by atoms with Crippen LogP contribution in [0.5, 0.6) is 0 Å². The van der Waals surface area contributed by atoms with Crippen molar-refractivity contribution >= 4 is 17.4 Å². The first-order chi connectivity index (χ1) is 12.1. The van der Waals surface area contributed by atoms with Crippen molar-refractivity contribution < 1.29 is 4.79 Å². The molecular weight excluding hydrogens is 316 g/mol. The van der Waals surface area contributed by atoms with E-state index in [1.54, 1.807) is 22.9 Å². The number of carbonyl (C=O) groups excluding carboxylic acids is 1. The fourth-order valence-electron chi connectivity index (χ4n) is 2.77. The highest BCUT2D eigenvalue weighted by Gasteiger charge is 2.12. The molecule has 4 aromatic rings. The van der Waals surface area contributed by atoms with E-state index in [9.17, 15) is 4.79 Å². The highest BCUT2D eigenvalue weighted by atomic mass is 16.1. The lowest BCUT2D eigenvalue weighted by molar-refractivity contribution is 0.102. The Morgan fingerprint density at radius 3 is 2.64 bits per heavy atom. The van der Waals surface area contributed by atoms with Gasteiger partial charge in [0.1, 0.15) is 5.69 Å². The molecule has 7 nitrogen and oxygen atoms in total. The highest BCUT2D eigenvalue weighted by Crippen LogP contribution is 2.16. The van der Waals surface area contributed by atoms with Crippen molar-refractivity contribution in [2.75, 3.05) is 5.32 Å². The molecule has 124 valence electrons. The first-order valence-electron chi connectivity index (χ1n) is 7.85. The molecule has 0 spiro atoms. The second kappa shape index (κ2) is 5.86. The summed E-state index contributed by atoms with van der Waals surface area (Å²) in [6.45, 7) is 3.97. The quantitative estimate of drug-likeness (QED) is 0.626. The van der Waals surface area contributed by atoms with E-state index in [4.69, 9.17) is 0 Å². The minimum Gasteiger partial charge on any atom is -0.321 e. The van der Waals surface area contributed by atoms with E-state index in [0.29, 0.717) is 17.2 Å². The van der Waals surface area contributed by atoms with Gasteiger partial charge in [0.2, 0.25) is 5.78 Å². The lowest BCUT2D eigenvalue weighted by Gasteiger charge is -2.08. The van der Waals surface area contributed by atoms with Gasteiger partial charge in [0, 0.05) is 23.8 Å². The molecule has 3 heterocycles. The van der Waals surface area contributed by atoms with E-state index in [1.165, 1.54) is 6.20 Å². The first kappa shape index (κ1) is 15.1. The van der Waals surface area contributed by atoms with E-state index in [-0.39, 0.29) is 5.91 Å². The number of rotatable bonds is 3.